The topological polar surface area (TPSA) is 46.3 Å². The van der Waals surface area contributed by atoms with Crippen LogP contribution in [-0.4, -0.2) is 23.4 Å². The van der Waals surface area contributed by atoms with Crippen LogP contribution < -0.4 is 5.73 Å². The summed E-state index contributed by atoms with van der Waals surface area (Å²) in [5.41, 5.74) is 5.82. The van der Waals surface area contributed by atoms with Crippen LogP contribution >= 0.6 is 11.3 Å². The van der Waals surface area contributed by atoms with E-state index in [4.69, 9.17) is 5.73 Å². The molecule has 0 spiro atoms. The normalized spacial score (nSPS) is 22.4. The molecule has 1 aliphatic rings. The minimum absolute atomic E-state index is 0.110. The fourth-order valence-corrected chi connectivity index (χ4v) is 3.07. The van der Waals surface area contributed by atoms with Crippen LogP contribution in [0.25, 0.3) is 0 Å². The van der Waals surface area contributed by atoms with Crippen LogP contribution in [0, 0.1) is 0 Å². The monoisotopic (exact) mass is 238 g/mol. The lowest BCUT2D eigenvalue weighted by atomic mass is 10.1. The Labute approximate surface area is 100 Å². The molecule has 2 N–H and O–H groups in total. The molecule has 3 nitrogen and oxygen atoms in total. The molecular formula is C12H18N2OS. The molecule has 1 fully saturated rings. The predicted octanol–water partition coefficient (Wildman–Crippen LogP) is 2.15. The van der Waals surface area contributed by atoms with Crippen LogP contribution in [0.2, 0.25) is 0 Å². The van der Waals surface area contributed by atoms with Crippen LogP contribution in [0.1, 0.15) is 37.1 Å². The number of thiophene rings is 1. The Morgan fingerprint density at radius 1 is 1.75 bits per heavy atom. The van der Waals surface area contributed by atoms with Crippen molar-refractivity contribution in [2.75, 3.05) is 6.54 Å². The average Bonchev–Trinajstić information content (AvgIpc) is 2.95. The molecule has 16 heavy (non-hydrogen) atoms. The summed E-state index contributed by atoms with van der Waals surface area (Å²) in [6.07, 6.45) is 2.87. The molecule has 2 heterocycles. The molecule has 0 bridgehead atoms. The summed E-state index contributed by atoms with van der Waals surface area (Å²) in [4.78, 5) is 15.3. The minimum Gasteiger partial charge on any atom is -0.333 e. The quantitative estimate of drug-likeness (QED) is 0.877. The zero-order valence-electron chi connectivity index (χ0n) is 9.56. The SMILES string of the molecule is CC[C@H](N)C(=O)N1CCCC1c1cccs1. The van der Waals surface area contributed by atoms with E-state index in [9.17, 15) is 4.79 Å². The molecule has 2 rings (SSSR count). The lowest BCUT2D eigenvalue weighted by Gasteiger charge is -2.26. The maximum atomic E-state index is 12.1. The van der Waals surface area contributed by atoms with Gasteiger partial charge in [-0.15, -0.1) is 11.3 Å². The van der Waals surface area contributed by atoms with Crippen molar-refractivity contribution in [2.45, 2.75) is 38.3 Å². The summed E-state index contributed by atoms with van der Waals surface area (Å²) in [5.74, 6) is 0.110. The number of likely N-dealkylation sites (tertiary alicyclic amines) is 1. The molecule has 1 unspecified atom stereocenters. The van der Waals surface area contributed by atoms with Crippen LogP contribution in [0.4, 0.5) is 0 Å². The maximum absolute atomic E-state index is 12.1. The first-order valence-corrected chi connectivity index (χ1v) is 6.71. The lowest BCUT2D eigenvalue weighted by molar-refractivity contribution is -0.133. The molecule has 0 saturated carbocycles. The summed E-state index contributed by atoms with van der Waals surface area (Å²) in [6.45, 7) is 2.81. The first-order valence-electron chi connectivity index (χ1n) is 5.83. The second kappa shape index (κ2) is 4.97. The van der Waals surface area contributed by atoms with Crippen molar-refractivity contribution in [3.05, 3.63) is 22.4 Å². The highest BCUT2D eigenvalue weighted by Crippen LogP contribution is 2.34. The van der Waals surface area contributed by atoms with Gasteiger partial charge in [0.05, 0.1) is 12.1 Å². The second-order valence-corrected chi connectivity index (χ2v) is 5.20. The Balaban J connectivity index is 2.12. The van der Waals surface area contributed by atoms with Crippen molar-refractivity contribution in [3.63, 3.8) is 0 Å². The summed E-state index contributed by atoms with van der Waals surface area (Å²) < 4.78 is 0. The van der Waals surface area contributed by atoms with E-state index in [1.165, 1.54) is 4.88 Å². The van der Waals surface area contributed by atoms with Crippen molar-refractivity contribution in [1.29, 1.82) is 0 Å². The van der Waals surface area contributed by atoms with Gasteiger partial charge >= 0.3 is 0 Å². The van der Waals surface area contributed by atoms with Crippen molar-refractivity contribution in [1.82, 2.24) is 4.90 Å². The van der Waals surface area contributed by atoms with E-state index in [-0.39, 0.29) is 18.0 Å². The van der Waals surface area contributed by atoms with E-state index in [2.05, 4.69) is 11.4 Å². The number of carbonyl (C=O) groups is 1. The molecule has 2 atom stereocenters. The minimum atomic E-state index is -0.333. The Bertz CT molecular complexity index is 350. The van der Waals surface area contributed by atoms with Gasteiger partial charge in [-0.25, -0.2) is 0 Å². The third-order valence-corrected chi connectivity index (χ3v) is 4.14. The van der Waals surface area contributed by atoms with Crippen LogP contribution in [0.15, 0.2) is 17.5 Å². The number of hydrogen-bond donors (Lipinski definition) is 1. The van der Waals surface area contributed by atoms with Gasteiger partial charge in [-0.3, -0.25) is 4.79 Å². The number of nitrogens with zero attached hydrogens (tertiary/aromatic N) is 1. The van der Waals surface area contributed by atoms with E-state index < -0.39 is 0 Å². The highest BCUT2D eigenvalue weighted by molar-refractivity contribution is 7.10. The average molecular weight is 238 g/mol. The van der Waals surface area contributed by atoms with Gasteiger partial charge in [0.15, 0.2) is 0 Å². The molecule has 0 radical (unpaired) electrons. The van der Waals surface area contributed by atoms with E-state index in [0.717, 1.165) is 19.4 Å². The highest BCUT2D eigenvalue weighted by atomic mass is 32.1. The predicted molar refractivity (Wildman–Crippen MR) is 66.3 cm³/mol. The summed E-state index contributed by atoms with van der Waals surface area (Å²) in [7, 11) is 0. The molecule has 88 valence electrons. The number of hydrogen-bond acceptors (Lipinski definition) is 3. The van der Waals surface area contributed by atoms with Crippen molar-refractivity contribution in [3.8, 4) is 0 Å². The van der Waals surface area contributed by atoms with Crippen molar-refractivity contribution >= 4 is 17.2 Å². The van der Waals surface area contributed by atoms with Gasteiger partial charge in [0.2, 0.25) is 5.91 Å². The zero-order chi connectivity index (χ0) is 11.5. The molecule has 1 amide bonds. The smallest absolute Gasteiger partial charge is 0.240 e. The third-order valence-electron chi connectivity index (χ3n) is 3.16. The van der Waals surface area contributed by atoms with E-state index in [0.29, 0.717) is 6.42 Å². The van der Waals surface area contributed by atoms with Gasteiger partial charge in [0.25, 0.3) is 0 Å². The number of carbonyl (C=O) groups excluding carboxylic acids is 1. The fourth-order valence-electron chi connectivity index (χ4n) is 2.19. The Hall–Kier alpha value is -0.870. The van der Waals surface area contributed by atoms with Gasteiger partial charge in [0.1, 0.15) is 0 Å². The van der Waals surface area contributed by atoms with E-state index in [1.807, 2.05) is 17.9 Å². The van der Waals surface area contributed by atoms with Gasteiger partial charge < -0.3 is 10.6 Å². The Kier molecular flexibility index (Phi) is 3.61. The summed E-state index contributed by atoms with van der Waals surface area (Å²) in [5, 5.41) is 2.07. The second-order valence-electron chi connectivity index (χ2n) is 4.22. The number of amides is 1. The molecule has 1 aromatic heterocycles. The summed E-state index contributed by atoms with van der Waals surface area (Å²) >= 11 is 1.73. The standard InChI is InChI=1S/C12H18N2OS/c1-2-9(13)12(15)14-7-3-5-10(14)11-6-4-8-16-11/h4,6,8-10H,2-3,5,7,13H2,1H3/t9-,10?/m0/s1. The largest absolute Gasteiger partial charge is 0.333 e. The van der Waals surface area contributed by atoms with Gasteiger partial charge in [-0.2, -0.15) is 0 Å². The molecule has 4 heteroatoms. The maximum Gasteiger partial charge on any atom is 0.240 e. The first-order chi connectivity index (χ1) is 7.74. The molecule has 0 aliphatic carbocycles. The van der Waals surface area contributed by atoms with Gasteiger partial charge in [-0.1, -0.05) is 13.0 Å². The third kappa shape index (κ3) is 2.13. The van der Waals surface area contributed by atoms with Crippen LogP contribution in [0.5, 0.6) is 0 Å². The zero-order valence-corrected chi connectivity index (χ0v) is 10.4. The molecule has 0 aromatic carbocycles. The first kappa shape index (κ1) is 11.6. The fraction of sp³-hybridized carbons (Fsp3) is 0.583. The molecule has 1 saturated heterocycles. The van der Waals surface area contributed by atoms with Crippen LogP contribution in [-0.2, 0) is 4.79 Å². The lowest BCUT2D eigenvalue weighted by Crippen LogP contribution is -2.42. The Morgan fingerprint density at radius 2 is 2.56 bits per heavy atom. The number of rotatable bonds is 3. The molecular weight excluding hydrogens is 220 g/mol. The van der Waals surface area contributed by atoms with Crippen molar-refractivity contribution < 1.29 is 4.79 Å². The van der Waals surface area contributed by atoms with E-state index >= 15 is 0 Å². The Morgan fingerprint density at radius 3 is 3.19 bits per heavy atom. The molecule has 1 aromatic rings. The van der Waals surface area contributed by atoms with E-state index in [1.54, 1.807) is 11.3 Å². The summed E-state index contributed by atoms with van der Waals surface area (Å²) in [6, 6.07) is 4.09. The highest BCUT2D eigenvalue weighted by Gasteiger charge is 2.32. The molecule has 1 aliphatic heterocycles. The van der Waals surface area contributed by atoms with Gasteiger partial charge in [-0.05, 0) is 30.7 Å². The number of nitrogens with two attached hydrogens (primary N) is 1. The van der Waals surface area contributed by atoms with Crippen LogP contribution in [0.3, 0.4) is 0 Å². The van der Waals surface area contributed by atoms with Crippen molar-refractivity contribution in [2.24, 2.45) is 5.73 Å². The van der Waals surface area contributed by atoms with Gasteiger partial charge in [0, 0.05) is 11.4 Å².